The number of rotatable bonds is 5. The van der Waals surface area contributed by atoms with E-state index in [1.807, 2.05) is 19.2 Å². The average molecular weight is 263 g/mol. The van der Waals surface area contributed by atoms with Gasteiger partial charge in [0.2, 0.25) is 0 Å². The lowest BCUT2D eigenvalue weighted by molar-refractivity contribution is -0.0290. The minimum absolute atomic E-state index is 0.216. The minimum atomic E-state index is -0.668. The van der Waals surface area contributed by atoms with Crippen LogP contribution >= 0.6 is 0 Å². The second kappa shape index (κ2) is 6.02. The normalized spacial score (nSPS) is 16.5. The molecule has 2 rings (SSSR count). The first-order valence-electron chi connectivity index (χ1n) is 6.73. The summed E-state index contributed by atoms with van der Waals surface area (Å²) in [6.45, 7) is 2.93. The third-order valence-electron chi connectivity index (χ3n) is 3.68. The quantitative estimate of drug-likeness (QED) is 0.746. The summed E-state index contributed by atoms with van der Waals surface area (Å²) >= 11 is 0. The zero-order chi connectivity index (χ0) is 13.7. The molecule has 1 aliphatic rings. The van der Waals surface area contributed by atoms with Crippen LogP contribution in [-0.2, 0) is 6.42 Å². The molecule has 19 heavy (non-hydrogen) atoms. The molecule has 3 N–H and O–H groups in total. The standard InChI is InChI=1S/C14H21N3O2/c1-11-9-15-7-3-12(11)4-8-16-13(18)17-10-14(19)5-2-6-14/h3,7,9,19H,2,4-6,8,10H2,1H3,(H2,16,17,18). The smallest absolute Gasteiger partial charge is 0.314 e. The summed E-state index contributed by atoms with van der Waals surface area (Å²) < 4.78 is 0. The number of nitrogens with zero attached hydrogens (tertiary/aromatic N) is 1. The first kappa shape index (κ1) is 13.8. The monoisotopic (exact) mass is 263 g/mol. The molecule has 0 atom stereocenters. The van der Waals surface area contributed by atoms with Crippen LogP contribution in [0.5, 0.6) is 0 Å². The lowest BCUT2D eigenvalue weighted by Crippen LogP contribution is -2.50. The van der Waals surface area contributed by atoms with Crippen molar-refractivity contribution in [3.8, 4) is 0 Å². The van der Waals surface area contributed by atoms with E-state index in [2.05, 4.69) is 15.6 Å². The van der Waals surface area contributed by atoms with Crippen molar-refractivity contribution in [1.82, 2.24) is 15.6 Å². The summed E-state index contributed by atoms with van der Waals surface area (Å²) in [4.78, 5) is 15.6. The number of carbonyl (C=O) groups excluding carboxylic acids is 1. The highest BCUT2D eigenvalue weighted by atomic mass is 16.3. The molecule has 0 unspecified atom stereocenters. The fraction of sp³-hybridized carbons (Fsp3) is 0.571. The van der Waals surface area contributed by atoms with E-state index in [-0.39, 0.29) is 6.03 Å². The fourth-order valence-corrected chi connectivity index (χ4v) is 2.16. The number of urea groups is 1. The van der Waals surface area contributed by atoms with E-state index in [4.69, 9.17) is 0 Å². The van der Waals surface area contributed by atoms with E-state index in [1.165, 1.54) is 5.56 Å². The van der Waals surface area contributed by atoms with Crippen molar-refractivity contribution in [1.29, 1.82) is 0 Å². The van der Waals surface area contributed by atoms with Gasteiger partial charge in [-0.05, 0) is 49.8 Å². The zero-order valence-corrected chi connectivity index (χ0v) is 11.3. The van der Waals surface area contributed by atoms with Gasteiger partial charge in [-0.1, -0.05) is 0 Å². The van der Waals surface area contributed by atoms with Gasteiger partial charge in [0.05, 0.1) is 5.60 Å². The predicted molar refractivity (Wildman–Crippen MR) is 72.9 cm³/mol. The number of aromatic nitrogens is 1. The third-order valence-corrected chi connectivity index (χ3v) is 3.68. The number of aliphatic hydroxyl groups is 1. The number of amides is 2. The van der Waals surface area contributed by atoms with Gasteiger partial charge in [-0.25, -0.2) is 4.79 Å². The first-order chi connectivity index (χ1) is 9.09. The molecule has 1 aromatic heterocycles. The van der Waals surface area contributed by atoms with Crippen LogP contribution in [0.15, 0.2) is 18.5 Å². The number of aryl methyl sites for hydroxylation is 1. The van der Waals surface area contributed by atoms with Gasteiger partial charge >= 0.3 is 6.03 Å². The highest BCUT2D eigenvalue weighted by Crippen LogP contribution is 2.30. The number of hydrogen-bond acceptors (Lipinski definition) is 3. The molecule has 104 valence electrons. The van der Waals surface area contributed by atoms with Crippen molar-refractivity contribution in [2.75, 3.05) is 13.1 Å². The van der Waals surface area contributed by atoms with Crippen molar-refractivity contribution in [2.45, 2.75) is 38.2 Å². The zero-order valence-electron chi connectivity index (χ0n) is 11.3. The SMILES string of the molecule is Cc1cnccc1CCNC(=O)NCC1(O)CCC1. The van der Waals surface area contributed by atoms with E-state index in [9.17, 15) is 9.90 Å². The summed E-state index contributed by atoms with van der Waals surface area (Å²) in [5.74, 6) is 0. The first-order valence-corrected chi connectivity index (χ1v) is 6.73. The maximum absolute atomic E-state index is 11.6. The van der Waals surface area contributed by atoms with Gasteiger partial charge in [-0.15, -0.1) is 0 Å². The van der Waals surface area contributed by atoms with Crippen molar-refractivity contribution in [3.05, 3.63) is 29.6 Å². The number of hydrogen-bond donors (Lipinski definition) is 3. The Kier molecular flexibility index (Phi) is 4.37. The molecule has 1 aliphatic carbocycles. The number of carbonyl (C=O) groups is 1. The van der Waals surface area contributed by atoms with Gasteiger partial charge < -0.3 is 15.7 Å². The van der Waals surface area contributed by atoms with E-state index in [0.717, 1.165) is 31.2 Å². The Morgan fingerprint density at radius 1 is 1.47 bits per heavy atom. The molecule has 5 heteroatoms. The van der Waals surface area contributed by atoms with Crippen LogP contribution in [0.25, 0.3) is 0 Å². The van der Waals surface area contributed by atoms with Gasteiger partial charge in [0.1, 0.15) is 0 Å². The van der Waals surface area contributed by atoms with Crippen LogP contribution in [0.4, 0.5) is 4.79 Å². The Hall–Kier alpha value is -1.62. The topological polar surface area (TPSA) is 74.2 Å². The largest absolute Gasteiger partial charge is 0.388 e. The Morgan fingerprint density at radius 3 is 2.89 bits per heavy atom. The van der Waals surface area contributed by atoms with Crippen LogP contribution in [0.2, 0.25) is 0 Å². The molecular formula is C14H21N3O2. The highest BCUT2D eigenvalue weighted by molar-refractivity contribution is 5.73. The Balaban J connectivity index is 1.65. The molecule has 0 spiro atoms. The number of nitrogens with one attached hydrogen (secondary N) is 2. The molecule has 1 saturated carbocycles. The summed E-state index contributed by atoms with van der Waals surface area (Å²) in [5, 5.41) is 15.4. The van der Waals surface area contributed by atoms with Crippen LogP contribution in [0, 0.1) is 6.92 Å². The van der Waals surface area contributed by atoms with E-state index >= 15 is 0 Å². The van der Waals surface area contributed by atoms with Gasteiger partial charge in [0.25, 0.3) is 0 Å². The van der Waals surface area contributed by atoms with Crippen molar-refractivity contribution < 1.29 is 9.90 Å². The molecule has 1 heterocycles. The van der Waals surface area contributed by atoms with Crippen molar-refractivity contribution in [3.63, 3.8) is 0 Å². The second-order valence-electron chi connectivity index (χ2n) is 5.24. The molecule has 1 fully saturated rings. The van der Waals surface area contributed by atoms with E-state index in [1.54, 1.807) is 6.20 Å². The average Bonchev–Trinajstić information content (AvgIpc) is 2.36. The van der Waals surface area contributed by atoms with Gasteiger partial charge in [-0.3, -0.25) is 4.98 Å². The maximum atomic E-state index is 11.6. The van der Waals surface area contributed by atoms with Crippen LogP contribution in [-0.4, -0.2) is 34.8 Å². The molecule has 5 nitrogen and oxygen atoms in total. The molecule has 2 amide bonds. The maximum Gasteiger partial charge on any atom is 0.314 e. The molecule has 0 saturated heterocycles. The van der Waals surface area contributed by atoms with E-state index in [0.29, 0.717) is 13.1 Å². The van der Waals surface area contributed by atoms with Gasteiger partial charge in [-0.2, -0.15) is 0 Å². The van der Waals surface area contributed by atoms with Gasteiger partial charge in [0, 0.05) is 25.5 Å². The summed E-state index contributed by atoms with van der Waals surface area (Å²) in [7, 11) is 0. The molecule has 0 aliphatic heterocycles. The molecule has 0 aromatic carbocycles. The molecule has 1 aromatic rings. The van der Waals surface area contributed by atoms with Crippen molar-refractivity contribution in [2.24, 2.45) is 0 Å². The fourth-order valence-electron chi connectivity index (χ4n) is 2.16. The molecule has 0 bridgehead atoms. The van der Waals surface area contributed by atoms with Crippen LogP contribution in [0.1, 0.15) is 30.4 Å². The lowest BCUT2D eigenvalue weighted by Gasteiger charge is -2.36. The Labute approximate surface area is 113 Å². The third kappa shape index (κ3) is 3.92. The highest BCUT2D eigenvalue weighted by Gasteiger charge is 2.34. The molecular weight excluding hydrogens is 242 g/mol. The number of pyridine rings is 1. The predicted octanol–water partition coefficient (Wildman–Crippen LogP) is 1.15. The van der Waals surface area contributed by atoms with E-state index < -0.39 is 5.60 Å². The van der Waals surface area contributed by atoms with Crippen LogP contribution in [0.3, 0.4) is 0 Å². The summed E-state index contributed by atoms with van der Waals surface area (Å²) in [6.07, 6.45) is 6.97. The summed E-state index contributed by atoms with van der Waals surface area (Å²) in [6, 6.07) is 1.75. The van der Waals surface area contributed by atoms with Gasteiger partial charge in [0.15, 0.2) is 0 Å². The lowest BCUT2D eigenvalue weighted by atomic mass is 9.80. The van der Waals surface area contributed by atoms with Crippen LogP contribution < -0.4 is 10.6 Å². The second-order valence-corrected chi connectivity index (χ2v) is 5.24. The Bertz CT molecular complexity index is 444. The molecule has 0 radical (unpaired) electrons. The minimum Gasteiger partial charge on any atom is -0.388 e. The Morgan fingerprint density at radius 2 is 2.26 bits per heavy atom. The van der Waals surface area contributed by atoms with Crippen molar-refractivity contribution >= 4 is 6.03 Å². The summed E-state index contributed by atoms with van der Waals surface area (Å²) in [5.41, 5.74) is 1.65.